The fourth-order valence-electron chi connectivity index (χ4n) is 1.58. The smallest absolute Gasteiger partial charge is 0.153 e. The van der Waals surface area contributed by atoms with E-state index in [1.54, 1.807) is 11.8 Å². The Morgan fingerprint density at radius 3 is 2.93 bits per heavy atom. The van der Waals surface area contributed by atoms with Gasteiger partial charge in [0.05, 0.1) is 4.90 Å². The van der Waals surface area contributed by atoms with Crippen LogP contribution in [0.15, 0.2) is 23.1 Å². The third-order valence-electron chi connectivity index (χ3n) is 2.10. The molecular formula is C11H15NOS. The molecular weight excluding hydrogens is 194 g/mol. The Labute approximate surface area is 89.0 Å². The van der Waals surface area contributed by atoms with Gasteiger partial charge in [0.2, 0.25) is 0 Å². The number of hydrogen-bond donors (Lipinski definition) is 1. The maximum atomic E-state index is 5.82. The highest BCUT2D eigenvalue weighted by atomic mass is 32.2. The zero-order valence-corrected chi connectivity index (χ0v) is 9.57. The molecule has 0 fully saturated rings. The zero-order chi connectivity index (χ0) is 10.2. The Morgan fingerprint density at radius 1 is 1.43 bits per heavy atom. The molecule has 1 heterocycles. The Morgan fingerprint density at radius 2 is 2.21 bits per heavy atom. The predicted octanol–water partition coefficient (Wildman–Crippen LogP) is 2.63. The first-order valence-corrected chi connectivity index (χ1v) is 5.58. The Kier molecular flexibility index (Phi) is 2.45. The van der Waals surface area contributed by atoms with Crippen LogP contribution in [0.3, 0.4) is 0 Å². The van der Waals surface area contributed by atoms with Crippen LogP contribution in [0, 0.1) is 0 Å². The van der Waals surface area contributed by atoms with E-state index in [0.717, 1.165) is 12.3 Å². The van der Waals surface area contributed by atoms with Crippen LogP contribution in [-0.4, -0.2) is 12.0 Å². The molecule has 3 heteroatoms. The van der Waals surface area contributed by atoms with Gasteiger partial charge in [0.15, 0.2) is 4.93 Å². The van der Waals surface area contributed by atoms with E-state index in [1.807, 2.05) is 7.05 Å². The molecule has 76 valence electrons. The molecule has 1 aromatic carbocycles. The molecule has 1 N–H and O–H groups in total. The van der Waals surface area contributed by atoms with Gasteiger partial charge in [-0.05, 0) is 38.6 Å². The summed E-state index contributed by atoms with van der Waals surface area (Å²) in [4.78, 5) is 1.13. The molecule has 0 spiro atoms. The quantitative estimate of drug-likeness (QED) is 0.809. The number of thioether (sulfide) groups is 1. The molecule has 2 rings (SSSR count). The van der Waals surface area contributed by atoms with Crippen molar-refractivity contribution in [2.24, 2.45) is 0 Å². The minimum atomic E-state index is -0.111. The summed E-state index contributed by atoms with van der Waals surface area (Å²) < 4.78 is 5.82. The summed E-state index contributed by atoms with van der Waals surface area (Å²) in [6.45, 7) is 5.08. The van der Waals surface area contributed by atoms with Crippen molar-refractivity contribution in [1.82, 2.24) is 5.32 Å². The summed E-state index contributed by atoms with van der Waals surface area (Å²) in [7, 11) is 1.95. The number of fused-ring (bicyclic) bond motifs is 1. The lowest BCUT2D eigenvalue weighted by molar-refractivity contribution is 0.214. The van der Waals surface area contributed by atoms with Crippen LogP contribution >= 0.6 is 11.8 Å². The standard InChI is InChI=1S/C11H15NOS/c1-11(2)13-9-6-8(7-12-3)4-5-10(9)14-11/h4-6,12H,7H2,1-3H3. The van der Waals surface area contributed by atoms with Crippen molar-refractivity contribution in [3.63, 3.8) is 0 Å². The largest absolute Gasteiger partial charge is 0.476 e. The number of nitrogens with one attached hydrogen (secondary N) is 1. The van der Waals surface area contributed by atoms with Gasteiger partial charge in [0, 0.05) is 6.54 Å². The van der Waals surface area contributed by atoms with Gasteiger partial charge in [-0.2, -0.15) is 0 Å². The molecule has 14 heavy (non-hydrogen) atoms. The lowest BCUT2D eigenvalue weighted by atomic mass is 10.2. The second-order valence-electron chi connectivity index (χ2n) is 3.92. The average molecular weight is 209 g/mol. The van der Waals surface area contributed by atoms with Crippen molar-refractivity contribution < 1.29 is 4.74 Å². The van der Waals surface area contributed by atoms with Crippen molar-refractivity contribution in [3.05, 3.63) is 23.8 Å². The first-order chi connectivity index (χ1) is 6.61. The van der Waals surface area contributed by atoms with E-state index >= 15 is 0 Å². The third-order valence-corrected chi connectivity index (χ3v) is 3.23. The van der Waals surface area contributed by atoms with Gasteiger partial charge in [0.1, 0.15) is 5.75 Å². The molecule has 1 aliphatic heterocycles. The van der Waals surface area contributed by atoms with E-state index < -0.39 is 0 Å². The second kappa shape index (κ2) is 3.48. The zero-order valence-electron chi connectivity index (χ0n) is 8.76. The minimum Gasteiger partial charge on any atom is -0.476 e. The Balaban J connectivity index is 2.26. The second-order valence-corrected chi connectivity index (χ2v) is 5.54. The summed E-state index contributed by atoms with van der Waals surface area (Å²) in [5, 5.41) is 3.13. The van der Waals surface area contributed by atoms with Gasteiger partial charge in [-0.3, -0.25) is 0 Å². The van der Waals surface area contributed by atoms with E-state index in [2.05, 4.69) is 37.4 Å². The molecule has 2 nitrogen and oxygen atoms in total. The van der Waals surface area contributed by atoms with Crippen LogP contribution in [0.2, 0.25) is 0 Å². The molecule has 0 aliphatic carbocycles. The summed E-state index contributed by atoms with van der Waals surface area (Å²) in [6.07, 6.45) is 0. The van der Waals surface area contributed by atoms with Crippen molar-refractivity contribution in [3.8, 4) is 5.75 Å². The van der Waals surface area contributed by atoms with Crippen LogP contribution in [0.5, 0.6) is 5.75 Å². The summed E-state index contributed by atoms with van der Waals surface area (Å²) >= 11 is 1.78. The Bertz CT molecular complexity index is 349. The van der Waals surface area contributed by atoms with Crippen LogP contribution in [-0.2, 0) is 6.54 Å². The maximum absolute atomic E-state index is 5.82. The van der Waals surface area contributed by atoms with E-state index in [0.29, 0.717) is 0 Å². The highest BCUT2D eigenvalue weighted by Gasteiger charge is 2.30. The van der Waals surface area contributed by atoms with E-state index in [9.17, 15) is 0 Å². The Hall–Kier alpha value is -0.670. The maximum Gasteiger partial charge on any atom is 0.153 e. The SMILES string of the molecule is CNCc1ccc2c(c1)OC(C)(C)S2. The molecule has 0 bridgehead atoms. The van der Waals surface area contributed by atoms with E-state index in [-0.39, 0.29) is 4.93 Å². The number of rotatable bonds is 2. The lowest BCUT2D eigenvalue weighted by Crippen LogP contribution is -2.18. The normalized spacial score (nSPS) is 17.6. The molecule has 0 unspecified atom stereocenters. The molecule has 0 atom stereocenters. The van der Waals surface area contributed by atoms with Gasteiger partial charge in [-0.15, -0.1) is 0 Å². The fourth-order valence-corrected chi connectivity index (χ4v) is 2.58. The first-order valence-electron chi connectivity index (χ1n) is 4.76. The number of hydrogen-bond acceptors (Lipinski definition) is 3. The van der Waals surface area contributed by atoms with Gasteiger partial charge < -0.3 is 10.1 Å². The summed E-state index contributed by atoms with van der Waals surface area (Å²) in [6, 6.07) is 6.40. The topological polar surface area (TPSA) is 21.3 Å². The number of ether oxygens (including phenoxy) is 1. The highest BCUT2D eigenvalue weighted by Crippen LogP contribution is 2.47. The molecule has 0 radical (unpaired) electrons. The average Bonchev–Trinajstić information content (AvgIpc) is 2.38. The minimum absolute atomic E-state index is 0.111. The van der Waals surface area contributed by atoms with Crippen molar-refractivity contribution in [2.75, 3.05) is 7.05 Å². The fraction of sp³-hybridized carbons (Fsp3) is 0.455. The van der Waals surface area contributed by atoms with Gasteiger partial charge in [-0.25, -0.2) is 0 Å². The monoisotopic (exact) mass is 209 g/mol. The van der Waals surface area contributed by atoms with Gasteiger partial charge in [-0.1, -0.05) is 17.8 Å². The molecule has 0 aromatic heterocycles. The predicted molar refractivity (Wildman–Crippen MR) is 59.8 cm³/mol. The molecule has 0 saturated carbocycles. The van der Waals surface area contributed by atoms with E-state index in [1.165, 1.54) is 10.5 Å². The van der Waals surface area contributed by atoms with Crippen LogP contribution < -0.4 is 10.1 Å². The molecule has 0 amide bonds. The lowest BCUT2D eigenvalue weighted by Gasteiger charge is -2.15. The molecule has 0 saturated heterocycles. The number of benzene rings is 1. The molecule has 1 aliphatic rings. The van der Waals surface area contributed by atoms with Gasteiger partial charge >= 0.3 is 0 Å². The third kappa shape index (κ3) is 1.88. The van der Waals surface area contributed by atoms with Crippen molar-refractivity contribution in [2.45, 2.75) is 30.2 Å². The highest BCUT2D eigenvalue weighted by molar-refractivity contribution is 8.00. The molecule has 1 aromatic rings. The van der Waals surface area contributed by atoms with Crippen LogP contribution in [0.4, 0.5) is 0 Å². The summed E-state index contributed by atoms with van der Waals surface area (Å²) in [5.41, 5.74) is 1.27. The van der Waals surface area contributed by atoms with E-state index in [4.69, 9.17) is 4.74 Å². The van der Waals surface area contributed by atoms with Crippen molar-refractivity contribution in [1.29, 1.82) is 0 Å². The van der Waals surface area contributed by atoms with Gasteiger partial charge in [0.25, 0.3) is 0 Å². The first kappa shape index (κ1) is 9.87. The van der Waals surface area contributed by atoms with Crippen LogP contribution in [0.25, 0.3) is 0 Å². The summed E-state index contributed by atoms with van der Waals surface area (Å²) in [5.74, 6) is 1.02. The van der Waals surface area contributed by atoms with Crippen LogP contribution in [0.1, 0.15) is 19.4 Å². The van der Waals surface area contributed by atoms with Crippen molar-refractivity contribution >= 4 is 11.8 Å².